The summed E-state index contributed by atoms with van der Waals surface area (Å²) < 4.78 is 1.98. The van der Waals surface area contributed by atoms with Crippen molar-refractivity contribution in [3.05, 3.63) is 24.0 Å². The average molecular weight is 207 g/mol. The maximum Gasteiger partial charge on any atom is 0.0830 e. The molecular formula is C12H21N3. The minimum absolute atomic E-state index is 0.470. The minimum Gasteiger partial charge on any atom is -0.250 e. The Bertz CT molecular complexity index is 302. The second-order valence-corrected chi connectivity index (χ2v) is 3.94. The van der Waals surface area contributed by atoms with Crippen LogP contribution in [-0.4, -0.2) is 15.0 Å². The Morgan fingerprint density at radius 1 is 1.53 bits per heavy atom. The molecule has 0 saturated heterocycles. The predicted octanol–water partition coefficient (Wildman–Crippen LogP) is 3.15. The molecule has 15 heavy (non-hydrogen) atoms. The summed E-state index contributed by atoms with van der Waals surface area (Å²) in [5, 5.41) is 8.33. The third kappa shape index (κ3) is 3.86. The summed E-state index contributed by atoms with van der Waals surface area (Å²) in [6.45, 7) is 6.43. The third-order valence-electron chi connectivity index (χ3n) is 2.52. The van der Waals surface area contributed by atoms with Crippen LogP contribution >= 0.6 is 0 Å². The highest BCUT2D eigenvalue weighted by Crippen LogP contribution is 2.11. The van der Waals surface area contributed by atoms with E-state index in [1.807, 2.05) is 11.6 Å². The van der Waals surface area contributed by atoms with E-state index in [1.54, 1.807) is 0 Å². The second kappa shape index (κ2) is 6.38. The van der Waals surface area contributed by atoms with Gasteiger partial charge < -0.3 is 0 Å². The van der Waals surface area contributed by atoms with Gasteiger partial charge in [0.2, 0.25) is 0 Å². The maximum absolute atomic E-state index is 4.17. The standard InChI is InChI=1S/C12H21N3/c1-4-6-7-9-12-10-15(14-13-12)11(3)8-5-2/h4,6,10-11H,5,7-9H2,1-3H3. The number of aromatic nitrogens is 3. The molecule has 1 heterocycles. The van der Waals surface area contributed by atoms with Crippen molar-refractivity contribution in [3.63, 3.8) is 0 Å². The SMILES string of the molecule is CC=CCCc1cn(C(C)CCC)nn1. The zero-order chi connectivity index (χ0) is 11.1. The van der Waals surface area contributed by atoms with E-state index in [0.717, 1.165) is 25.0 Å². The molecule has 0 fully saturated rings. The molecule has 1 rings (SSSR count). The van der Waals surface area contributed by atoms with Gasteiger partial charge in [0.05, 0.1) is 11.7 Å². The van der Waals surface area contributed by atoms with Crippen molar-refractivity contribution < 1.29 is 0 Å². The van der Waals surface area contributed by atoms with Crippen LogP contribution in [-0.2, 0) is 6.42 Å². The Morgan fingerprint density at radius 2 is 2.33 bits per heavy atom. The van der Waals surface area contributed by atoms with Crippen LogP contribution in [0.4, 0.5) is 0 Å². The second-order valence-electron chi connectivity index (χ2n) is 3.94. The Hall–Kier alpha value is -1.12. The van der Waals surface area contributed by atoms with Gasteiger partial charge in [0, 0.05) is 6.20 Å². The molecule has 0 aliphatic carbocycles. The minimum atomic E-state index is 0.470. The molecule has 84 valence electrons. The summed E-state index contributed by atoms with van der Waals surface area (Å²) in [6.07, 6.45) is 10.7. The lowest BCUT2D eigenvalue weighted by Crippen LogP contribution is -2.05. The number of rotatable bonds is 6. The van der Waals surface area contributed by atoms with E-state index in [2.05, 4.69) is 42.5 Å². The molecule has 0 N–H and O–H groups in total. The van der Waals surface area contributed by atoms with Gasteiger partial charge in [-0.15, -0.1) is 5.10 Å². The van der Waals surface area contributed by atoms with Crippen molar-refractivity contribution in [1.29, 1.82) is 0 Å². The molecule has 0 spiro atoms. The van der Waals surface area contributed by atoms with Crippen LogP contribution in [0.25, 0.3) is 0 Å². The largest absolute Gasteiger partial charge is 0.250 e. The summed E-state index contributed by atoms with van der Waals surface area (Å²) in [7, 11) is 0. The normalized spacial score (nSPS) is 13.5. The van der Waals surface area contributed by atoms with Crippen LogP contribution < -0.4 is 0 Å². The van der Waals surface area contributed by atoms with Gasteiger partial charge in [0.25, 0.3) is 0 Å². The van der Waals surface area contributed by atoms with E-state index in [4.69, 9.17) is 0 Å². The molecule has 0 radical (unpaired) electrons. The zero-order valence-corrected chi connectivity index (χ0v) is 9.98. The molecule has 3 heteroatoms. The highest BCUT2D eigenvalue weighted by atomic mass is 15.4. The lowest BCUT2D eigenvalue weighted by Gasteiger charge is -2.08. The Morgan fingerprint density at radius 3 is 3.00 bits per heavy atom. The van der Waals surface area contributed by atoms with Crippen molar-refractivity contribution in [2.45, 2.75) is 52.5 Å². The van der Waals surface area contributed by atoms with E-state index in [9.17, 15) is 0 Å². The van der Waals surface area contributed by atoms with E-state index >= 15 is 0 Å². The van der Waals surface area contributed by atoms with Gasteiger partial charge in [0.15, 0.2) is 0 Å². The number of hydrogen-bond donors (Lipinski definition) is 0. The average Bonchev–Trinajstić information content (AvgIpc) is 2.67. The maximum atomic E-state index is 4.17. The fourth-order valence-electron chi connectivity index (χ4n) is 1.59. The fourth-order valence-corrected chi connectivity index (χ4v) is 1.59. The lowest BCUT2D eigenvalue weighted by atomic mass is 10.2. The highest BCUT2D eigenvalue weighted by Gasteiger charge is 2.06. The van der Waals surface area contributed by atoms with Crippen LogP contribution in [0.5, 0.6) is 0 Å². The van der Waals surface area contributed by atoms with E-state index in [-0.39, 0.29) is 0 Å². The van der Waals surface area contributed by atoms with Gasteiger partial charge in [0.1, 0.15) is 0 Å². The number of allylic oxidation sites excluding steroid dienone is 2. The van der Waals surface area contributed by atoms with Crippen molar-refractivity contribution >= 4 is 0 Å². The Labute approximate surface area is 92.2 Å². The van der Waals surface area contributed by atoms with Crippen molar-refractivity contribution in [3.8, 4) is 0 Å². The predicted molar refractivity (Wildman–Crippen MR) is 62.8 cm³/mol. The first-order chi connectivity index (χ1) is 7.27. The van der Waals surface area contributed by atoms with Crippen LogP contribution in [0.1, 0.15) is 51.8 Å². The molecule has 1 atom stereocenters. The summed E-state index contributed by atoms with van der Waals surface area (Å²) in [6, 6.07) is 0.470. The van der Waals surface area contributed by atoms with Crippen LogP contribution in [0.15, 0.2) is 18.3 Å². The van der Waals surface area contributed by atoms with Crippen molar-refractivity contribution in [2.24, 2.45) is 0 Å². The van der Waals surface area contributed by atoms with E-state index in [1.165, 1.54) is 6.42 Å². The fraction of sp³-hybridized carbons (Fsp3) is 0.667. The summed E-state index contributed by atoms with van der Waals surface area (Å²) >= 11 is 0. The summed E-state index contributed by atoms with van der Waals surface area (Å²) in [5.74, 6) is 0. The summed E-state index contributed by atoms with van der Waals surface area (Å²) in [5.41, 5.74) is 1.09. The highest BCUT2D eigenvalue weighted by molar-refractivity contribution is 4.95. The first kappa shape index (κ1) is 12.0. The van der Waals surface area contributed by atoms with Gasteiger partial charge in [-0.05, 0) is 33.1 Å². The Kier molecular flexibility index (Phi) is 5.08. The molecule has 0 amide bonds. The van der Waals surface area contributed by atoms with E-state index in [0.29, 0.717) is 6.04 Å². The molecule has 0 aliphatic heterocycles. The number of nitrogens with zero attached hydrogens (tertiary/aromatic N) is 3. The number of aryl methyl sites for hydroxylation is 1. The molecule has 1 aromatic rings. The van der Waals surface area contributed by atoms with Gasteiger partial charge in [-0.3, -0.25) is 0 Å². The van der Waals surface area contributed by atoms with Gasteiger partial charge in [-0.2, -0.15) is 0 Å². The first-order valence-corrected chi connectivity index (χ1v) is 5.79. The first-order valence-electron chi connectivity index (χ1n) is 5.79. The van der Waals surface area contributed by atoms with Gasteiger partial charge in [-0.1, -0.05) is 30.7 Å². The zero-order valence-electron chi connectivity index (χ0n) is 9.98. The molecule has 0 aromatic carbocycles. The van der Waals surface area contributed by atoms with Crippen molar-refractivity contribution in [1.82, 2.24) is 15.0 Å². The monoisotopic (exact) mass is 207 g/mol. The molecule has 0 saturated carbocycles. The smallest absolute Gasteiger partial charge is 0.0830 e. The molecular weight excluding hydrogens is 186 g/mol. The molecule has 0 bridgehead atoms. The lowest BCUT2D eigenvalue weighted by molar-refractivity contribution is 0.443. The van der Waals surface area contributed by atoms with Gasteiger partial charge >= 0.3 is 0 Å². The summed E-state index contributed by atoms with van der Waals surface area (Å²) in [4.78, 5) is 0. The third-order valence-corrected chi connectivity index (χ3v) is 2.52. The quantitative estimate of drug-likeness (QED) is 0.671. The van der Waals surface area contributed by atoms with Crippen molar-refractivity contribution in [2.75, 3.05) is 0 Å². The van der Waals surface area contributed by atoms with Crippen LogP contribution in [0.3, 0.4) is 0 Å². The van der Waals surface area contributed by atoms with Gasteiger partial charge in [-0.25, -0.2) is 4.68 Å². The molecule has 1 unspecified atom stereocenters. The Balaban J connectivity index is 2.48. The van der Waals surface area contributed by atoms with Crippen LogP contribution in [0.2, 0.25) is 0 Å². The topological polar surface area (TPSA) is 30.7 Å². The van der Waals surface area contributed by atoms with Crippen LogP contribution in [0, 0.1) is 0 Å². The molecule has 0 aliphatic rings. The number of hydrogen-bond acceptors (Lipinski definition) is 2. The molecule has 3 nitrogen and oxygen atoms in total. The van der Waals surface area contributed by atoms with E-state index < -0.39 is 0 Å². The molecule has 1 aromatic heterocycles.